The molecule has 0 aliphatic heterocycles. The maximum atomic E-state index is 12.6. The topological polar surface area (TPSA) is 108 Å². The molecule has 1 aromatic carbocycles. The smallest absolute Gasteiger partial charge is 0.267 e. The lowest BCUT2D eigenvalue weighted by Crippen LogP contribution is -2.41. The maximum absolute atomic E-state index is 12.6. The molecule has 3 aromatic rings. The highest BCUT2D eigenvalue weighted by atomic mass is 35.5. The summed E-state index contributed by atoms with van der Waals surface area (Å²) in [6.07, 6.45) is 7.12. The van der Waals surface area contributed by atoms with Crippen LogP contribution in [0.15, 0.2) is 64.5 Å². The number of nitrogens with two attached hydrogens (primary N) is 1. The van der Waals surface area contributed by atoms with Crippen LogP contribution in [0.3, 0.4) is 0 Å². The lowest BCUT2D eigenvalue weighted by Gasteiger charge is -2.40. The first-order chi connectivity index (χ1) is 15.2. The summed E-state index contributed by atoms with van der Waals surface area (Å²) in [7, 11) is -3.40. The number of hydrogen-bond acceptors (Lipinski definition) is 6. The summed E-state index contributed by atoms with van der Waals surface area (Å²) in [5.41, 5.74) is 8.03. The van der Waals surface area contributed by atoms with Gasteiger partial charge in [-0.1, -0.05) is 23.7 Å². The van der Waals surface area contributed by atoms with E-state index < -0.39 is 9.84 Å². The standard InChI is InChI=1S/C23H25ClN4O3S/c1-32(30,31)20-11-16(13-26-14-20)21-5-6-22(29)28(27-21)19-7-9-23(15-25,10-8-19)17-3-2-4-18(24)12-17/h2-6,11-14,19H,7-10,15,25H2,1H3. The minimum absolute atomic E-state index is 0.0626. The Balaban J connectivity index is 1.62. The van der Waals surface area contributed by atoms with Crippen molar-refractivity contribution in [1.29, 1.82) is 0 Å². The van der Waals surface area contributed by atoms with Crippen molar-refractivity contribution in [2.45, 2.75) is 42.0 Å². The molecule has 1 aliphatic rings. The van der Waals surface area contributed by atoms with Crippen LogP contribution in [0.2, 0.25) is 5.02 Å². The van der Waals surface area contributed by atoms with Gasteiger partial charge in [0.05, 0.1) is 16.6 Å². The fourth-order valence-corrected chi connectivity index (χ4v) is 5.21. The van der Waals surface area contributed by atoms with Gasteiger partial charge in [0.25, 0.3) is 5.56 Å². The van der Waals surface area contributed by atoms with E-state index in [9.17, 15) is 13.2 Å². The van der Waals surface area contributed by atoms with Crippen molar-refractivity contribution in [3.8, 4) is 11.3 Å². The summed E-state index contributed by atoms with van der Waals surface area (Å²) >= 11 is 6.20. The Kier molecular flexibility index (Phi) is 6.20. The van der Waals surface area contributed by atoms with Crippen molar-refractivity contribution in [3.05, 3.63) is 75.8 Å². The highest BCUT2D eigenvalue weighted by Gasteiger charge is 2.37. The Morgan fingerprint density at radius 2 is 1.91 bits per heavy atom. The number of halogens is 1. The van der Waals surface area contributed by atoms with Crippen molar-refractivity contribution in [3.63, 3.8) is 0 Å². The SMILES string of the molecule is CS(=O)(=O)c1cncc(-c2ccc(=O)n(C3CCC(CN)(c4cccc(Cl)c4)CC3)n2)c1. The van der Waals surface area contributed by atoms with Crippen molar-refractivity contribution < 1.29 is 8.42 Å². The number of aromatic nitrogens is 3. The second kappa shape index (κ2) is 8.77. The first-order valence-corrected chi connectivity index (χ1v) is 12.7. The van der Waals surface area contributed by atoms with Crippen LogP contribution in [-0.2, 0) is 15.3 Å². The molecule has 7 nitrogen and oxygen atoms in total. The predicted molar refractivity (Wildman–Crippen MR) is 125 cm³/mol. The van der Waals surface area contributed by atoms with E-state index in [1.807, 2.05) is 18.2 Å². The molecule has 2 aromatic heterocycles. The van der Waals surface area contributed by atoms with Crippen LogP contribution < -0.4 is 11.3 Å². The molecule has 0 bridgehead atoms. The Bertz CT molecular complexity index is 1300. The molecule has 1 fully saturated rings. The number of pyridine rings is 1. The van der Waals surface area contributed by atoms with Crippen LogP contribution in [-0.4, -0.2) is 36.0 Å². The fraction of sp³-hybridized carbons (Fsp3) is 0.348. The third-order valence-electron chi connectivity index (χ3n) is 6.35. The second-order valence-corrected chi connectivity index (χ2v) is 10.9. The molecule has 2 heterocycles. The van der Waals surface area contributed by atoms with E-state index in [0.29, 0.717) is 22.8 Å². The van der Waals surface area contributed by atoms with E-state index in [4.69, 9.17) is 17.3 Å². The molecule has 0 radical (unpaired) electrons. The summed E-state index contributed by atoms with van der Waals surface area (Å²) in [5.74, 6) is 0. The largest absolute Gasteiger partial charge is 0.330 e. The highest BCUT2D eigenvalue weighted by Crippen LogP contribution is 2.42. The van der Waals surface area contributed by atoms with Gasteiger partial charge in [-0.05, 0) is 55.5 Å². The van der Waals surface area contributed by atoms with E-state index in [2.05, 4.69) is 16.1 Å². The zero-order valence-electron chi connectivity index (χ0n) is 17.7. The minimum Gasteiger partial charge on any atom is -0.330 e. The van der Waals surface area contributed by atoms with Crippen LogP contribution in [0.4, 0.5) is 0 Å². The molecule has 0 atom stereocenters. The van der Waals surface area contributed by atoms with Gasteiger partial charge in [0.1, 0.15) is 0 Å². The molecule has 2 N–H and O–H groups in total. The lowest BCUT2D eigenvalue weighted by molar-refractivity contribution is 0.222. The molecule has 0 saturated heterocycles. The normalized spacial score (nSPS) is 21.4. The quantitative estimate of drug-likeness (QED) is 0.609. The zero-order valence-corrected chi connectivity index (χ0v) is 19.3. The monoisotopic (exact) mass is 472 g/mol. The van der Waals surface area contributed by atoms with E-state index in [1.165, 1.54) is 23.0 Å². The van der Waals surface area contributed by atoms with Gasteiger partial charge in [-0.3, -0.25) is 9.78 Å². The second-order valence-electron chi connectivity index (χ2n) is 8.41. The number of rotatable bonds is 5. The molecule has 168 valence electrons. The van der Waals surface area contributed by atoms with Gasteiger partial charge in [-0.2, -0.15) is 5.10 Å². The van der Waals surface area contributed by atoms with Gasteiger partial charge in [0, 0.05) is 47.3 Å². The lowest BCUT2D eigenvalue weighted by atomic mass is 9.68. The van der Waals surface area contributed by atoms with Crippen LogP contribution in [0, 0.1) is 0 Å². The third kappa shape index (κ3) is 4.48. The molecular weight excluding hydrogens is 448 g/mol. The van der Waals surface area contributed by atoms with Gasteiger partial charge >= 0.3 is 0 Å². The maximum Gasteiger partial charge on any atom is 0.267 e. The highest BCUT2D eigenvalue weighted by molar-refractivity contribution is 7.90. The molecule has 1 saturated carbocycles. The van der Waals surface area contributed by atoms with Gasteiger partial charge in [-0.15, -0.1) is 0 Å². The summed E-state index contributed by atoms with van der Waals surface area (Å²) in [6, 6.07) is 12.4. The zero-order chi connectivity index (χ0) is 22.9. The van der Waals surface area contributed by atoms with Gasteiger partial charge in [0.2, 0.25) is 0 Å². The first kappa shape index (κ1) is 22.6. The summed E-state index contributed by atoms with van der Waals surface area (Å²) < 4.78 is 25.3. The number of sulfone groups is 1. The third-order valence-corrected chi connectivity index (χ3v) is 7.66. The molecule has 0 spiro atoms. The Hall–Kier alpha value is -2.55. The Morgan fingerprint density at radius 3 is 2.56 bits per heavy atom. The van der Waals surface area contributed by atoms with Crippen LogP contribution in [0.5, 0.6) is 0 Å². The minimum atomic E-state index is -3.40. The predicted octanol–water partition coefficient (Wildman–Crippen LogP) is 3.37. The number of hydrogen-bond donors (Lipinski definition) is 1. The Morgan fingerprint density at radius 1 is 1.16 bits per heavy atom. The molecule has 4 rings (SSSR count). The van der Waals surface area contributed by atoms with Gasteiger partial charge < -0.3 is 5.73 Å². The van der Waals surface area contributed by atoms with E-state index >= 15 is 0 Å². The van der Waals surface area contributed by atoms with Crippen LogP contribution in [0.25, 0.3) is 11.3 Å². The van der Waals surface area contributed by atoms with Gasteiger partial charge in [0.15, 0.2) is 9.84 Å². The number of nitrogens with zero attached hydrogens (tertiary/aromatic N) is 3. The first-order valence-electron chi connectivity index (χ1n) is 10.4. The van der Waals surface area contributed by atoms with Crippen molar-refractivity contribution in [2.24, 2.45) is 5.73 Å². The molecule has 0 unspecified atom stereocenters. The van der Waals surface area contributed by atoms with Crippen LogP contribution in [0.1, 0.15) is 37.3 Å². The van der Waals surface area contributed by atoms with Crippen LogP contribution >= 0.6 is 11.6 Å². The van der Waals surface area contributed by atoms with E-state index in [0.717, 1.165) is 37.5 Å². The summed E-state index contributed by atoms with van der Waals surface area (Å²) in [5, 5.41) is 5.25. The number of benzene rings is 1. The van der Waals surface area contributed by atoms with E-state index in [1.54, 1.807) is 12.3 Å². The van der Waals surface area contributed by atoms with Gasteiger partial charge in [-0.25, -0.2) is 13.1 Å². The fourth-order valence-electron chi connectivity index (χ4n) is 4.43. The summed E-state index contributed by atoms with van der Waals surface area (Å²) in [4.78, 5) is 16.8. The molecule has 1 aliphatic carbocycles. The molecule has 9 heteroatoms. The Labute approximate surface area is 192 Å². The average Bonchev–Trinajstić information content (AvgIpc) is 2.79. The molecule has 0 amide bonds. The van der Waals surface area contributed by atoms with Crippen molar-refractivity contribution >= 4 is 21.4 Å². The van der Waals surface area contributed by atoms with Crippen molar-refractivity contribution in [2.75, 3.05) is 12.8 Å². The summed E-state index contributed by atoms with van der Waals surface area (Å²) in [6.45, 7) is 0.506. The van der Waals surface area contributed by atoms with Crippen molar-refractivity contribution in [1.82, 2.24) is 14.8 Å². The molecular formula is C23H25ClN4O3S. The van der Waals surface area contributed by atoms with E-state index in [-0.39, 0.29) is 21.9 Å². The molecule has 32 heavy (non-hydrogen) atoms. The average molecular weight is 473 g/mol.